The monoisotopic (exact) mass is 193 g/mol. The molecule has 2 N–H and O–H groups in total. The number of hydrogen-bond acceptors (Lipinski definition) is 1. The molecule has 0 amide bonds. The first-order valence-corrected chi connectivity index (χ1v) is 5.13. The molecule has 1 aromatic carbocycles. The van der Waals surface area contributed by atoms with E-state index in [0.717, 1.165) is 24.0 Å². The second kappa shape index (κ2) is 3.35. The Balaban J connectivity index is 2.23. The molecule has 1 fully saturated rings. The molecule has 0 aliphatic heterocycles. The summed E-state index contributed by atoms with van der Waals surface area (Å²) < 4.78 is 14.2. The van der Waals surface area contributed by atoms with Gasteiger partial charge in [-0.3, -0.25) is 0 Å². The fraction of sp³-hybridized carbons (Fsp3) is 0.500. The highest BCUT2D eigenvalue weighted by Gasteiger charge is 2.43. The first-order valence-electron chi connectivity index (χ1n) is 5.13. The largest absolute Gasteiger partial charge is 0.326 e. The minimum Gasteiger partial charge on any atom is -0.326 e. The van der Waals surface area contributed by atoms with E-state index in [-0.39, 0.29) is 5.92 Å². The molecule has 0 aromatic heterocycles. The molecule has 1 nitrogen and oxygen atoms in total. The van der Waals surface area contributed by atoms with Gasteiger partial charge in [-0.15, -0.1) is 0 Å². The van der Waals surface area contributed by atoms with Crippen molar-refractivity contribution in [2.45, 2.75) is 32.0 Å². The molecule has 0 radical (unpaired) electrons. The van der Waals surface area contributed by atoms with Gasteiger partial charge in [0.2, 0.25) is 0 Å². The van der Waals surface area contributed by atoms with Crippen molar-refractivity contribution >= 4 is 0 Å². The van der Waals surface area contributed by atoms with Gasteiger partial charge < -0.3 is 5.73 Å². The van der Waals surface area contributed by atoms with E-state index < -0.39 is 5.67 Å². The highest BCUT2D eigenvalue weighted by molar-refractivity contribution is 5.28. The van der Waals surface area contributed by atoms with Crippen LogP contribution >= 0.6 is 0 Å². The number of hydrogen-bond donors (Lipinski definition) is 1. The van der Waals surface area contributed by atoms with E-state index in [1.165, 1.54) is 0 Å². The highest BCUT2D eigenvalue weighted by atomic mass is 19.1. The Kier molecular flexibility index (Phi) is 2.31. The first kappa shape index (κ1) is 9.66. The summed E-state index contributed by atoms with van der Waals surface area (Å²) in [6.07, 6.45) is 2.04. The summed E-state index contributed by atoms with van der Waals surface area (Å²) in [6.45, 7) is 2.20. The van der Waals surface area contributed by atoms with Crippen LogP contribution in [0.4, 0.5) is 4.39 Å². The van der Waals surface area contributed by atoms with Crippen molar-refractivity contribution in [1.29, 1.82) is 0 Å². The zero-order valence-electron chi connectivity index (χ0n) is 8.46. The van der Waals surface area contributed by atoms with Crippen LogP contribution in [-0.4, -0.2) is 0 Å². The molecule has 0 heterocycles. The molecule has 14 heavy (non-hydrogen) atoms. The van der Waals surface area contributed by atoms with Crippen molar-refractivity contribution in [1.82, 2.24) is 0 Å². The third-order valence-corrected chi connectivity index (χ3v) is 3.10. The van der Waals surface area contributed by atoms with Gasteiger partial charge >= 0.3 is 0 Å². The minimum absolute atomic E-state index is 0.228. The van der Waals surface area contributed by atoms with Crippen LogP contribution in [0.15, 0.2) is 24.3 Å². The predicted molar refractivity (Wildman–Crippen MR) is 55.5 cm³/mol. The lowest BCUT2D eigenvalue weighted by molar-refractivity contribution is 0.158. The molecule has 1 saturated carbocycles. The molecular weight excluding hydrogens is 177 g/mol. The topological polar surface area (TPSA) is 26.0 Å². The summed E-state index contributed by atoms with van der Waals surface area (Å²) in [4.78, 5) is 0. The fourth-order valence-corrected chi connectivity index (χ4v) is 1.83. The van der Waals surface area contributed by atoms with Crippen LogP contribution < -0.4 is 5.73 Å². The number of alkyl halides is 1. The van der Waals surface area contributed by atoms with Gasteiger partial charge in [0.05, 0.1) is 0 Å². The van der Waals surface area contributed by atoms with E-state index >= 15 is 0 Å². The Morgan fingerprint density at radius 1 is 1.36 bits per heavy atom. The average molecular weight is 193 g/mol. The smallest absolute Gasteiger partial charge is 0.136 e. The molecule has 0 spiro atoms. The van der Waals surface area contributed by atoms with Gasteiger partial charge in [-0.1, -0.05) is 24.3 Å². The molecule has 1 unspecified atom stereocenters. The third kappa shape index (κ3) is 1.67. The van der Waals surface area contributed by atoms with E-state index in [9.17, 15) is 4.39 Å². The summed E-state index contributed by atoms with van der Waals surface area (Å²) >= 11 is 0. The Labute approximate surface area is 84.1 Å². The number of nitrogens with two attached hydrogens (primary N) is 1. The quantitative estimate of drug-likeness (QED) is 0.784. The lowest BCUT2D eigenvalue weighted by atomic mass is 9.92. The zero-order valence-corrected chi connectivity index (χ0v) is 8.46. The molecule has 1 atom stereocenters. The van der Waals surface area contributed by atoms with Crippen LogP contribution in [-0.2, 0) is 12.2 Å². The molecule has 2 rings (SSSR count). The lowest BCUT2D eigenvalue weighted by Crippen LogP contribution is -2.17. The van der Waals surface area contributed by atoms with Gasteiger partial charge in [-0.2, -0.15) is 0 Å². The summed E-state index contributed by atoms with van der Waals surface area (Å²) in [5.41, 5.74) is 6.19. The van der Waals surface area contributed by atoms with Crippen molar-refractivity contribution in [3.63, 3.8) is 0 Å². The standard InChI is InChI=1S/C12H16FN/c1-12(13,11-6-7-11)10-4-2-9(8-14)3-5-10/h2-5,11H,6-8,14H2,1H3. The number of benzene rings is 1. The zero-order chi connectivity index (χ0) is 10.2. The van der Waals surface area contributed by atoms with Crippen molar-refractivity contribution in [2.75, 3.05) is 0 Å². The molecule has 1 aliphatic carbocycles. The van der Waals surface area contributed by atoms with Crippen molar-refractivity contribution < 1.29 is 4.39 Å². The third-order valence-electron chi connectivity index (χ3n) is 3.10. The van der Waals surface area contributed by atoms with E-state index in [1.807, 2.05) is 24.3 Å². The van der Waals surface area contributed by atoms with Crippen molar-refractivity contribution in [3.05, 3.63) is 35.4 Å². The van der Waals surface area contributed by atoms with E-state index in [2.05, 4.69) is 0 Å². The van der Waals surface area contributed by atoms with Gasteiger partial charge in [0.25, 0.3) is 0 Å². The molecule has 2 heteroatoms. The number of halogens is 1. The Hall–Kier alpha value is -0.890. The second-order valence-electron chi connectivity index (χ2n) is 4.25. The number of rotatable bonds is 3. The van der Waals surface area contributed by atoms with E-state index in [4.69, 9.17) is 5.73 Å². The van der Waals surface area contributed by atoms with Gasteiger partial charge in [0.1, 0.15) is 5.67 Å². The van der Waals surface area contributed by atoms with Gasteiger partial charge in [0.15, 0.2) is 0 Å². The second-order valence-corrected chi connectivity index (χ2v) is 4.25. The molecular formula is C12H16FN. The maximum Gasteiger partial charge on any atom is 0.136 e. The van der Waals surface area contributed by atoms with Crippen molar-refractivity contribution in [3.8, 4) is 0 Å². The lowest BCUT2D eigenvalue weighted by Gasteiger charge is -2.20. The Morgan fingerprint density at radius 3 is 2.36 bits per heavy atom. The fourth-order valence-electron chi connectivity index (χ4n) is 1.83. The maximum absolute atomic E-state index is 14.2. The SMILES string of the molecule is CC(F)(c1ccc(CN)cc1)C1CC1. The van der Waals surface area contributed by atoms with Crippen LogP contribution in [0.3, 0.4) is 0 Å². The first-order chi connectivity index (χ1) is 6.64. The maximum atomic E-state index is 14.2. The average Bonchev–Trinajstić information content (AvgIpc) is 3.01. The summed E-state index contributed by atoms with van der Waals surface area (Å²) in [7, 11) is 0. The van der Waals surface area contributed by atoms with Crippen LogP contribution in [0.2, 0.25) is 0 Å². The summed E-state index contributed by atoms with van der Waals surface area (Å²) in [5, 5.41) is 0. The van der Waals surface area contributed by atoms with Crippen LogP contribution in [0, 0.1) is 5.92 Å². The molecule has 1 aliphatic rings. The summed E-state index contributed by atoms with van der Waals surface area (Å²) in [5.74, 6) is 0.228. The predicted octanol–water partition coefficient (Wildman–Crippen LogP) is 2.74. The van der Waals surface area contributed by atoms with Gasteiger partial charge in [0, 0.05) is 6.54 Å². The van der Waals surface area contributed by atoms with E-state index in [0.29, 0.717) is 6.54 Å². The van der Waals surface area contributed by atoms with Crippen LogP contribution in [0.1, 0.15) is 30.9 Å². The highest BCUT2D eigenvalue weighted by Crippen LogP contribution is 2.48. The molecule has 76 valence electrons. The Morgan fingerprint density at radius 2 is 1.93 bits per heavy atom. The minimum atomic E-state index is -1.15. The van der Waals surface area contributed by atoms with Crippen molar-refractivity contribution in [2.24, 2.45) is 11.7 Å². The van der Waals surface area contributed by atoms with Crippen LogP contribution in [0.5, 0.6) is 0 Å². The molecule has 0 saturated heterocycles. The molecule has 1 aromatic rings. The van der Waals surface area contributed by atoms with Gasteiger partial charge in [-0.05, 0) is 36.8 Å². The Bertz CT molecular complexity index is 312. The molecule has 0 bridgehead atoms. The van der Waals surface area contributed by atoms with E-state index in [1.54, 1.807) is 6.92 Å². The van der Waals surface area contributed by atoms with Crippen LogP contribution in [0.25, 0.3) is 0 Å². The van der Waals surface area contributed by atoms with Gasteiger partial charge in [-0.25, -0.2) is 4.39 Å². The normalized spacial score (nSPS) is 20.5. The summed E-state index contributed by atoms with van der Waals surface area (Å²) in [6, 6.07) is 7.55.